The number of alkyl halides is 3. The molecule has 0 aromatic heterocycles. The van der Waals surface area contributed by atoms with Crippen molar-refractivity contribution in [3.8, 4) is 5.75 Å². The van der Waals surface area contributed by atoms with E-state index in [-0.39, 0.29) is 12.2 Å². The van der Waals surface area contributed by atoms with Crippen LogP contribution in [-0.2, 0) is 0 Å². The first-order valence-corrected chi connectivity index (χ1v) is 6.83. The number of hydrogen-bond acceptors (Lipinski definition) is 3. The average Bonchev–Trinajstić information content (AvgIpc) is 2.41. The molecule has 0 saturated carbocycles. The SMILES string of the molecule is CCCCCCC(Oc1ccccc1[N+](=O)[O-])C(F)(F)F. The number of nitro groups is 1. The van der Waals surface area contributed by atoms with Gasteiger partial charge < -0.3 is 4.74 Å². The van der Waals surface area contributed by atoms with Crippen molar-refractivity contribution in [1.29, 1.82) is 0 Å². The van der Waals surface area contributed by atoms with Crippen LogP contribution in [-0.4, -0.2) is 17.2 Å². The van der Waals surface area contributed by atoms with Crippen LogP contribution < -0.4 is 4.74 Å². The van der Waals surface area contributed by atoms with E-state index in [4.69, 9.17) is 4.74 Å². The molecule has 0 radical (unpaired) electrons. The number of hydrogen-bond donors (Lipinski definition) is 0. The zero-order valence-electron chi connectivity index (χ0n) is 11.7. The summed E-state index contributed by atoms with van der Waals surface area (Å²) in [4.78, 5) is 10.0. The van der Waals surface area contributed by atoms with Gasteiger partial charge in [0.25, 0.3) is 0 Å². The van der Waals surface area contributed by atoms with Gasteiger partial charge in [-0.3, -0.25) is 10.1 Å². The largest absolute Gasteiger partial charge is 0.474 e. The van der Waals surface area contributed by atoms with Crippen LogP contribution >= 0.6 is 0 Å². The monoisotopic (exact) mass is 305 g/mol. The molecule has 0 fully saturated rings. The highest BCUT2D eigenvalue weighted by Crippen LogP contribution is 2.33. The van der Waals surface area contributed by atoms with Gasteiger partial charge in [-0.05, 0) is 18.9 Å². The van der Waals surface area contributed by atoms with Crippen LogP contribution in [0, 0.1) is 10.1 Å². The Morgan fingerprint density at radius 2 is 1.90 bits per heavy atom. The Balaban J connectivity index is 2.79. The van der Waals surface area contributed by atoms with E-state index < -0.39 is 22.9 Å². The second-order valence-electron chi connectivity index (χ2n) is 4.72. The molecule has 0 N–H and O–H groups in total. The molecule has 0 aliphatic rings. The first-order valence-electron chi connectivity index (χ1n) is 6.83. The average molecular weight is 305 g/mol. The maximum Gasteiger partial charge on any atom is 0.425 e. The summed E-state index contributed by atoms with van der Waals surface area (Å²) >= 11 is 0. The third-order valence-corrected chi connectivity index (χ3v) is 3.02. The van der Waals surface area contributed by atoms with Gasteiger partial charge in [-0.2, -0.15) is 13.2 Å². The highest BCUT2D eigenvalue weighted by atomic mass is 19.4. The van der Waals surface area contributed by atoms with E-state index >= 15 is 0 Å². The Morgan fingerprint density at radius 1 is 1.24 bits per heavy atom. The number of benzene rings is 1. The number of nitrogens with zero attached hydrogens (tertiary/aromatic N) is 1. The fourth-order valence-electron chi connectivity index (χ4n) is 1.91. The summed E-state index contributed by atoms with van der Waals surface area (Å²) in [5.74, 6) is -0.347. The molecule has 1 atom stereocenters. The zero-order valence-corrected chi connectivity index (χ0v) is 11.7. The molecular weight excluding hydrogens is 287 g/mol. The summed E-state index contributed by atoms with van der Waals surface area (Å²) in [5, 5.41) is 10.8. The second kappa shape index (κ2) is 7.85. The Bertz CT molecular complexity index is 463. The molecule has 1 aromatic rings. The van der Waals surface area contributed by atoms with Crippen LogP contribution in [0.4, 0.5) is 18.9 Å². The highest BCUT2D eigenvalue weighted by molar-refractivity contribution is 5.45. The van der Waals surface area contributed by atoms with Crippen LogP contribution in [0.5, 0.6) is 5.75 Å². The van der Waals surface area contributed by atoms with Crippen molar-refractivity contribution in [2.75, 3.05) is 0 Å². The Labute approximate surface area is 121 Å². The summed E-state index contributed by atoms with van der Waals surface area (Å²) in [5.41, 5.74) is -0.458. The first-order chi connectivity index (χ1) is 9.86. The molecule has 1 unspecified atom stereocenters. The van der Waals surface area contributed by atoms with E-state index in [1.165, 1.54) is 18.2 Å². The van der Waals surface area contributed by atoms with Crippen molar-refractivity contribution in [3.05, 3.63) is 34.4 Å². The van der Waals surface area contributed by atoms with Gasteiger partial charge in [0.2, 0.25) is 0 Å². The summed E-state index contributed by atoms with van der Waals surface area (Å²) in [6, 6.07) is 5.10. The van der Waals surface area contributed by atoms with E-state index in [0.717, 1.165) is 18.9 Å². The molecule has 1 rings (SSSR count). The van der Waals surface area contributed by atoms with Gasteiger partial charge in [-0.25, -0.2) is 0 Å². The van der Waals surface area contributed by atoms with Crippen molar-refractivity contribution in [2.45, 2.75) is 51.3 Å². The molecule has 0 heterocycles. The lowest BCUT2D eigenvalue weighted by molar-refractivity contribution is -0.386. The van der Waals surface area contributed by atoms with Gasteiger partial charge >= 0.3 is 11.9 Å². The molecule has 1 aromatic carbocycles. The van der Waals surface area contributed by atoms with Crippen molar-refractivity contribution >= 4 is 5.69 Å². The Hall–Kier alpha value is -1.79. The minimum Gasteiger partial charge on any atom is -0.474 e. The lowest BCUT2D eigenvalue weighted by Crippen LogP contribution is -2.34. The standard InChI is InChI=1S/C14H18F3NO3/c1-2-3-4-5-10-13(14(15,16)17)21-12-9-7-6-8-11(12)18(19)20/h6-9,13H,2-5,10H2,1H3. The van der Waals surface area contributed by atoms with Crippen LogP contribution in [0.15, 0.2) is 24.3 Å². The molecule has 0 amide bonds. The lowest BCUT2D eigenvalue weighted by atomic mass is 10.1. The van der Waals surface area contributed by atoms with Crippen LogP contribution in [0.1, 0.15) is 39.0 Å². The quantitative estimate of drug-likeness (QED) is 0.391. The normalized spacial score (nSPS) is 13.0. The molecule has 118 valence electrons. The lowest BCUT2D eigenvalue weighted by Gasteiger charge is -2.21. The maximum absolute atomic E-state index is 13.0. The topological polar surface area (TPSA) is 52.4 Å². The maximum atomic E-state index is 13.0. The predicted molar refractivity (Wildman–Crippen MR) is 72.3 cm³/mol. The molecule has 7 heteroatoms. The first kappa shape index (κ1) is 17.3. The van der Waals surface area contributed by atoms with Gasteiger partial charge in [-0.1, -0.05) is 38.3 Å². The van der Waals surface area contributed by atoms with Crippen molar-refractivity contribution < 1.29 is 22.8 Å². The van der Waals surface area contributed by atoms with E-state index in [2.05, 4.69) is 0 Å². The molecule has 0 bridgehead atoms. The van der Waals surface area contributed by atoms with Gasteiger partial charge in [0.1, 0.15) is 0 Å². The van der Waals surface area contributed by atoms with Gasteiger partial charge in [-0.15, -0.1) is 0 Å². The fourth-order valence-corrected chi connectivity index (χ4v) is 1.91. The van der Waals surface area contributed by atoms with Crippen molar-refractivity contribution in [1.82, 2.24) is 0 Å². The fraction of sp³-hybridized carbons (Fsp3) is 0.571. The number of halogens is 3. The molecule has 21 heavy (non-hydrogen) atoms. The number of nitro benzene ring substituents is 1. The molecule has 4 nitrogen and oxygen atoms in total. The third-order valence-electron chi connectivity index (χ3n) is 3.02. The van der Waals surface area contributed by atoms with E-state index in [1.807, 2.05) is 6.92 Å². The molecular formula is C14H18F3NO3. The molecule has 0 aliphatic carbocycles. The molecule has 0 saturated heterocycles. The van der Waals surface area contributed by atoms with Crippen molar-refractivity contribution in [3.63, 3.8) is 0 Å². The zero-order chi connectivity index (χ0) is 15.9. The number of ether oxygens (including phenoxy) is 1. The summed E-state index contributed by atoms with van der Waals surface area (Å²) in [6.45, 7) is 1.96. The van der Waals surface area contributed by atoms with Crippen LogP contribution in [0.2, 0.25) is 0 Å². The number of para-hydroxylation sites is 2. The van der Waals surface area contributed by atoms with E-state index in [1.54, 1.807) is 0 Å². The number of unbranched alkanes of at least 4 members (excludes halogenated alkanes) is 3. The van der Waals surface area contributed by atoms with Gasteiger partial charge in [0.15, 0.2) is 11.9 Å². The molecule has 0 aliphatic heterocycles. The summed E-state index contributed by atoms with van der Waals surface area (Å²) in [7, 11) is 0. The number of rotatable bonds is 8. The van der Waals surface area contributed by atoms with Gasteiger partial charge in [0.05, 0.1) is 4.92 Å². The minimum absolute atomic E-state index is 0.199. The minimum atomic E-state index is -4.55. The summed E-state index contributed by atoms with van der Waals surface area (Å²) in [6.07, 6.45) is -3.93. The Morgan fingerprint density at radius 3 is 2.48 bits per heavy atom. The van der Waals surface area contributed by atoms with Crippen molar-refractivity contribution in [2.24, 2.45) is 0 Å². The third kappa shape index (κ3) is 5.61. The van der Waals surface area contributed by atoms with Gasteiger partial charge in [0, 0.05) is 6.07 Å². The van der Waals surface area contributed by atoms with E-state index in [0.29, 0.717) is 12.8 Å². The predicted octanol–water partition coefficient (Wildman–Crippen LogP) is 4.87. The summed E-state index contributed by atoms with van der Waals surface area (Å²) < 4.78 is 43.7. The van der Waals surface area contributed by atoms with E-state index in [9.17, 15) is 23.3 Å². The van der Waals surface area contributed by atoms with Crippen LogP contribution in [0.3, 0.4) is 0 Å². The van der Waals surface area contributed by atoms with Crippen LogP contribution in [0.25, 0.3) is 0 Å². The molecule has 0 spiro atoms. The smallest absolute Gasteiger partial charge is 0.425 e. The highest BCUT2D eigenvalue weighted by Gasteiger charge is 2.42. The second-order valence-corrected chi connectivity index (χ2v) is 4.72. The Kier molecular flexibility index (Phi) is 6.45.